The minimum Gasteiger partial charge on any atom is -0.228 e. The van der Waals surface area contributed by atoms with E-state index in [-0.39, 0.29) is 0 Å². The number of rotatable bonds is 2. The van der Waals surface area contributed by atoms with Crippen LogP contribution in [-0.2, 0) is 0 Å². The van der Waals surface area contributed by atoms with E-state index in [2.05, 4.69) is 22.9 Å². The second-order valence-corrected chi connectivity index (χ2v) is 4.33. The van der Waals surface area contributed by atoms with Crippen LogP contribution in [0.2, 0.25) is 0 Å². The van der Waals surface area contributed by atoms with Gasteiger partial charge in [-0.05, 0) is 24.5 Å². The molecule has 0 N–H and O–H groups in total. The molecule has 1 aromatic carbocycles. The number of hydrogen-bond acceptors (Lipinski definition) is 3. The molecule has 16 heavy (non-hydrogen) atoms. The maximum absolute atomic E-state index is 8.37. The summed E-state index contributed by atoms with van der Waals surface area (Å²) in [5, 5.41) is 9.23. The number of fused-ring (bicyclic) bond motifs is 1. The molecule has 1 heterocycles. The monoisotopic (exact) mass is 226 g/mol. The van der Waals surface area contributed by atoms with Gasteiger partial charge in [-0.15, -0.1) is 11.3 Å². The zero-order valence-electron chi connectivity index (χ0n) is 8.73. The molecule has 0 unspecified atom stereocenters. The Bertz CT molecular complexity index is 548. The lowest BCUT2D eigenvalue weighted by molar-refractivity contribution is 0.894. The normalized spacial score (nSPS) is 9.44. The predicted octanol–water partition coefficient (Wildman–Crippen LogP) is 3.34. The van der Waals surface area contributed by atoms with Gasteiger partial charge in [-0.25, -0.2) is 4.98 Å². The third-order valence-corrected chi connectivity index (χ3v) is 3.03. The van der Waals surface area contributed by atoms with E-state index in [1.54, 1.807) is 11.3 Å². The first kappa shape index (κ1) is 10.7. The molecule has 0 saturated heterocycles. The van der Waals surface area contributed by atoms with Crippen LogP contribution in [0.4, 0.5) is 0 Å². The van der Waals surface area contributed by atoms with E-state index in [1.807, 2.05) is 24.3 Å². The standard InChI is InChI=1S/C13H10N2S/c14-10-6-2-1-3-9-13-15-11-7-4-5-8-12(11)16-13/h4-5,7-8H,1-2,6H2. The smallest absolute Gasteiger partial charge is 0.168 e. The molecule has 1 aromatic heterocycles. The minimum absolute atomic E-state index is 0.578. The van der Waals surface area contributed by atoms with Gasteiger partial charge in [-0.1, -0.05) is 18.1 Å². The zero-order chi connectivity index (χ0) is 11.2. The number of benzene rings is 1. The Labute approximate surface area is 98.6 Å². The van der Waals surface area contributed by atoms with Crippen molar-refractivity contribution in [1.29, 1.82) is 5.26 Å². The lowest BCUT2D eigenvalue weighted by Gasteiger charge is -1.81. The molecule has 0 aliphatic carbocycles. The number of nitriles is 1. The number of thiazole rings is 1. The summed E-state index contributed by atoms with van der Waals surface area (Å²) >= 11 is 1.61. The van der Waals surface area contributed by atoms with Gasteiger partial charge in [0.15, 0.2) is 5.01 Å². The lowest BCUT2D eigenvalue weighted by Crippen LogP contribution is -1.72. The average molecular weight is 226 g/mol. The van der Waals surface area contributed by atoms with Crippen molar-refractivity contribution >= 4 is 21.6 Å². The lowest BCUT2D eigenvalue weighted by atomic mass is 10.2. The van der Waals surface area contributed by atoms with E-state index in [9.17, 15) is 0 Å². The van der Waals surface area contributed by atoms with Gasteiger partial charge in [0.25, 0.3) is 0 Å². The molecule has 0 saturated carbocycles. The van der Waals surface area contributed by atoms with Crippen molar-refractivity contribution < 1.29 is 0 Å². The molecule has 0 bridgehead atoms. The molecule has 0 spiro atoms. The van der Waals surface area contributed by atoms with Crippen LogP contribution in [0, 0.1) is 23.2 Å². The van der Waals surface area contributed by atoms with Gasteiger partial charge >= 0.3 is 0 Å². The van der Waals surface area contributed by atoms with E-state index in [0.29, 0.717) is 6.42 Å². The Kier molecular flexibility index (Phi) is 3.53. The summed E-state index contributed by atoms with van der Waals surface area (Å²) in [6.45, 7) is 0. The maximum atomic E-state index is 8.37. The van der Waals surface area contributed by atoms with Gasteiger partial charge < -0.3 is 0 Å². The van der Waals surface area contributed by atoms with Gasteiger partial charge in [0, 0.05) is 12.8 Å². The van der Waals surface area contributed by atoms with Crippen molar-refractivity contribution in [2.45, 2.75) is 19.3 Å². The molecular formula is C13H10N2S. The van der Waals surface area contributed by atoms with Crippen LogP contribution in [0.1, 0.15) is 24.3 Å². The average Bonchev–Trinajstić information content (AvgIpc) is 2.71. The summed E-state index contributed by atoms with van der Waals surface area (Å²) in [5.41, 5.74) is 1.01. The first-order valence-electron chi connectivity index (χ1n) is 5.11. The molecular weight excluding hydrogens is 216 g/mol. The SMILES string of the molecule is N#CCCCC#Cc1nc2ccccc2s1. The molecule has 0 fully saturated rings. The number of nitrogens with zero attached hydrogens (tertiary/aromatic N) is 2. The van der Waals surface area contributed by atoms with E-state index in [4.69, 9.17) is 5.26 Å². The van der Waals surface area contributed by atoms with Crippen LogP contribution in [0.15, 0.2) is 24.3 Å². The minimum atomic E-state index is 0.578. The molecule has 78 valence electrons. The Hall–Kier alpha value is -1.84. The quantitative estimate of drug-likeness (QED) is 0.581. The highest BCUT2D eigenvalue weighted by molar-refractivity contribution is 7.19. The predicted molar refractivity (Wildman–Crippen MR) is 66.0 cm³/mol. The molecule has 2 rings (SSSR count). The van der Waals surface area contributed by atoms with Crippen molar-refractivity contribution in [2.24, 2.45) is 0 Å². The number of para-hydroxylation sites is 1. The fourth-order valence-electron chi connectivity index (χ4n) is 1.32. The van der Waals surface area contributed by atoms with E-state index < -0.39 is 0 Å². The highest BCUT2D eigenvalue weighted by Gasteiger charge is 1.98. The topological polar surface area (TPSA) is 36.7 Å². The Morgan fingerprint density at radius 2 is 2.12 bits per heavy atom. The van der Waals surface area contributed by atoms with Gasteiger partial charge in [0.05, 0.1) is 16.3 Å². The van der Waals surface area contributed by atoms with Gasteiger partial charge in [0.2, 0.25) is 0 Å². The van der Waals surface area contributed by atoms with Crippen LogP contribution < -0.4 is 0 Å². The maximum Gasteiger partial charge on any atom is 0.168 e. The molecule has 2 nitrogen and oxygen atoms in total. The van der Waals surface area contributed by atoms with Gasteiger partial charge in [0.1, 0.15) is 0 Å². The number of aromatic nitrogens is 1. The van der Waals surface area contributed by atoms with E-state index in [1.165, 1.54) is 4.70 Å². The summed E-state index contributed by atoms with van der Waals surface area (Å²) in [6.07, 6.45) is 2.19. The van der Waals surface area contributed by atoms with Crippen LogP contribution in [0.5, 0.6) is 0 Å². The molecule has 2 aromatic rings. The number of unbranched alkanes of at least 4 members (excludes halogenated alkanes) is 2. The van der Waals surface area contributed by atoms with Gasteiger partial charge in [-0.2, -0.15) is 5.26 Å². The Morgan fingerprint density at radius 3 is 2.94 bits per heavy atom. The molecule has 0 amide bonds. The summed E-state index contributed by atoms with van der Waals surface area (Å²) in [6, 6.07) is 10.1. The molecule has 0 aliphatic rings. The van der Waals surface area contributed by atoms with Crippen LogP contribution >= 0.6 is 11.3 Å². The third-order valence-electron chi connectivity index (χ3n) is 2.08. The fraction of sp³-hybridized carbons (Fsp3) is 0.231. The van der Waals surface area contributed by atoms with Crippen molar-refractivity contribution in [3.8, 4) is 17.9 Å². The van der Waals surface area contributed by atoms with E-state index >= 15 is 0 Å². The van der Waals surface area contributed by atoms with Crippen molar-refractivity contribution in [3.05, 3.63) is 29.3 Å². The zero-order valence-corrected chi connectivity index (χ0v) is 9.55. The number of hydrogen-bond donors (Lipinski definition) is 0. The first-order valence-corrected chi connectivity index (χ1v) is 5.93. The molecule has 3 heteroatoms. The molecule has 0 aliphatic heterocycles. The van der Waals surface area contributed by atoms with Crippen LogP contribution in [0.25, 0.3) is 10.2 Å². The summed E-state index contributed by atoms with van der Waals surface area (Å²) in [7, 11) is 0. The highest BCUT2D eigenvalue weighted by atomic mass is 32.1. The molecule has 0 atom stereocenters. The Morgan fingerprint density at radius 1 is 1.25 bits per heavy atom. The Balaban J connectivity index is 2.07. The summed E-state index contributed by atoms with van der Waals surface area (Å²) < 4.78 is 1.17. The van der Waals surface area contributed by atoms with Gasteiger partial charge in [-0.3, -0.25) is 0 Å². The van der Waals surface area contributed by atoms with Crippen molar-refractivity contribution in [1.82, 2.24) is 4.98 Å². The fourth-order valence-corrected chi connectivity index (χ4v) is 2.16. The summed E-state index contributed by atoms with van der Waals surface area (Å²) in [4.78, 5) is 4.41. The first-order chi connectivity index (χ1) is 7.90. The van der Waals surface area contributed by atoms with Crippen molar-refractivity contribution in [3.63, 3.8) is 0 Å². The third kappa shape index (κ3) is 2.59. The largest absolute Gasteiger partial charge is 0.228 e. The second kappa shape index (κ2) is 5.30. The van der Waals surface area contributed by atoms with Crippen LogP contribution in [0.3, 0.4) is 0 Å². The highest BCUT2D eigenvalue weighted by Crippen LogP contribution is 2.20. The summed E-state index contributed by atoms with van der Waals surface area (Å²) in [5.74, 6) is 6.09. The van der Waals surface area contributed by atoms with Crippen LogP contribution in [-0.4, -0.2) is 4.98 Å². The molecule has 0 radical (unpaired) electrons. The van der Waals surface area contributed by atoms with E-state index in [0.717, 1.165) is 23.4 Å². The second-order valence-electron chi connectivity index (χ2n) is 3.30. The van der Waals surface area contributed by atoms with Crippen molar-refractivity contribution in [2.75, 3.05) is 0 Å².